The molecule has 0 aliphatic heterocycles. The number of amides is 1. The molecule has 4 N–H and O–H groups in total. The van der Waals surface area contributed by atoms with Gasteiger partial charge in [-0.3, -0.25) is 0 Å². The Morgan fingerprint density at radius 1 is 1.13 bits per heavy atom. The number of nitrogens with one attached hydrogen (secondary N) is 1. The third-order valence-electron chi connectivity index (χ3n) is 5.87. The fourth-order valence-electron chi connectivity index (χ4n) is 3.97. The first-order valence-electron chi connectivity index (χ1n) is 12.6. The summed E-state index contributed by atoms with van der Waals surface area (Å²) in [5.41, 5.74) is 5.70. The van der Waals surface area contributed by atoms with Crippen LogP contribution in [0.25, 0.3) is 0 Å². The number of alkyl carbamates (subject to hydrolysis) is 1. The van der Waals surface area contributed by atoms with E-state index in [1.165, 1.54) is 16.4 Å². The Morgan fingerprint density at radius 3 is 2.37 bits per heavy atom. The number of aliphatic hydroxyl groups excluding tert-OH is 1. The van der Waals surface area contributed by atoms with E-state index < -0.39 is 39.3 Å². The first kappa shape index (κ1) is 31.1. The van der Waals surface area contributed by atoms with Crippen molar-refractivity contribution in [2.24, 2.45) is 5.41 Å². The first-order valence-corrected chi connectivity index (χ1v) is 14.0. The lowest BCUT2D eigenvalue weighted by Gasteiger charge is -2.35. The molecule has 0 spiro atoms. The zero-order chi connectivity index (χ0) is 28.6. The molecule has 0 aliphatic rings. The molecule has 2 aromatic carbocycles. The van der Waals surface area contributed by atoms with Crippen LogP contribution in [0.5, 0.6) is 0 Å². The molecule has 0 heterocycles. The van der Waals surface area contributed by atoms with Crippen molar-refractivity contribution < 1.29 is 23.1 Å². The number of nitriles is 1. The maximum atomic E-state index is 13.7. The van der Waals surface area contributed by atoms with Crippen molar-refractivity contribution in [2.45, 2.75) is 76.5 Å². The number of sulfonamides is 1. The summed E-state index contributed by atoms with van der Waals surface area (Å²) in [6, 6.07) is 16.5. The van der Waals surface area contributed by atoms with Crippen molar-refractivity contribution in [3.8, 4) is 6.07 Å². The number of ether oxygens (including phenoxy) is 1. The van der Waals surface area contributed by atoms with Crippen LogP contribution in [-0.2, 0) is 21.2 Å². The molecular weight excluding hydrogens is 504 g/mol. The van der Waals surface area contributed by atoms with E-state index in [4.69, 9.17) is 15.7 Å². The zero-order valence-electron chi connectivity index (χ0n) is 22.8. The van der Waals surface area contributed by atoms with Gasteiger partial charge in [0.2, 0.25) is 10.0 Å². The van der Waals surface area contributed by atoms with Crippen molar-refractivity contribution in [3.63, 3.8) is 0 Å². The highest BCUT2D eigenvalue weighted by Crippen LogP contribution is 2.28. The second-order valence-electron chi connectivity index (χ2n) is 11.2. The van der Waals surface area contributed by atoms with E-state index in [2.05, 4.69) is 11.4 Å². The molecule has 0 fully saturated rings. The van der Waals surface area contributed by atoms with Gasteiger partial charge in [0.05, 0.1) is 23.1 Å². The van der Waals surface area contributed by atoms with Gasteiger partial charge in [0.15, 0.2) is 0 Å². The van der Waals surface area contributed by atoms with E-state index in [-0.39, 0.29) is 30.8 Å². The molecule has 0 aliphatic carbocycles. The molecule has 208 valence electrons. The number of carbonyl (C=O) groups is 1. The van der Waals surface area contributed by atoms with E-state index in [0.29, 0.717) is 12.1 Å². The lowest BCUT2D eigenvalue weighted by molar-refractivity contribution is 0.0392. The number of hydrogen-bond acceptors (Lipinski definition) is 7. The van der Waals surface area contributed by atoms with E-state index in [9.17, 15) is 18.3 Å². The smallest absolute Gasteiger partial charge is 0.407 e. The molecule has 2 atom stereocenters. The van der Waals surface area contributed by atoms with Crippen LogP contribution in [-0.4, -0.2) is 54.8 Å². The molecule has 38 heavy (non-hydrogen) atoms. The van der Waals surface area contributed by atoms with Crippen LogP contribution in [0.2, 0.25) is 0 Å². The van der Waals surface area contributed by atoms with E-state index in [1.54, 1.807) is 32.9 Å². The van der Waals surface area contributed by atoms with Gasteiger partial charge in [-0.2, -0.15) is 9.57 Å². The first-order chi connectivity index (χ1) is 17.6. The second kappa shape index (κ2) is 13.1. The quantitative estimate of drug-likeness (QED) is 0.341. The van der Waals surface area contributed by atoms with Crippen LogP contribution in [0.3, 0.4) is 0 Å². The Hall–Kier alpha value is -3.13. The minimum Gasteiger partial charge on any atom is -0.444 e. The maximum absolute atomic E-state index is 13.7. The topological polar surface area (TPSA) is 146 Å². The van der Waals surface area contributed by atoms with Gasteiger partial charge in [0.1, 0.15) is 5.60 Å². The summed E-state index contributed by atoms with van der Waals surface area (Å²) in [6.45, 7) is 8.71. The number of nitrogens with two attached hydrogens (primary N) is 1. The minimum atomic E-state index is -4.07. The molecule has 9 nitrogen and oxygen atoms in total. The maximum Gasteiger partial charge on any atom is 0.407 e. The Bertz CT molecular complexity index is 1200. The molecule has 2 aromatic rings. The van der Waals surface area contributed by atoms with Crippen molar-refractivity contribution in [3.05, 3.63) is 60.2 Å². The average molecular weight is 545 g/mol. The number of benzene rings is 2. The van der Waals surface area contributed by atoms with Crippen molar-refractivity contribution in [1.29, 1.82) is 5.26 Å². The SMILES string of the molecule is CC(C)(CCC#N)CN(CC(O)C(Cc1ccccc1)NC(=O)OC(C)(C)C)S(=O)(=O)c1cccc(N)c1. The summed E-state index contributed by atoms with van der Waals surface area (Å²) < 4.78 is 34.1. The molecule has 0 radical (unpaired) electrons. The van der Waals surface area contributed by atoms with Crippen molar-refractivity contribution in [1.82, 2.24) is 9.62 Å². The standard InChI is InChI=1S/C28H40N4O5S/c1-27(2,3)37-26(34)31-24(17-21-11-7-6-8-12-21)25(33)19-32(20-28(4,5)15-10-16-29)38(35,36)23-14-9-13-22(30)18-23/h6-9,11-14,18,24-25,33H,10,15,17,19-20,30H2,1-5H3,(H,31,34). The summed E-state index contributed by atoms with van der Waals surface area (Å²) in [6.07, 6.45) is -1.00. The average Bonchev–Trinajstić information content (AvgIpc) is 2.81. The van der Waals surface area contributed by atoms with Gasteiger partial charge >= 0.3 is 6.09 Å². The number of rotatable bonds is 12. The Labute approximate surface area is 226 Å². The third kappa shape index (κ3) is 9.97. The van der Waals surface area contributed by atoms with Crippen LogP contribution in [0.1, 0.15) is 53.0 Å². The van der Waals surface area contributed by atoms with Crippen LogP contribution in [0, 0.1) is 16.7 Å². The summed E-state index contributed by atoms with van der Waals surface area (Å²) in [7, 11) is -4.07. The number of nitrogens with zero attached hydrogens (tertiary/aromatic N) is 2. The molecule has 0 saturated heterocycles. The van der Waals surface area contributed by atoms with E-state index in [1.807, 2.05) is 44.2 Å². The Morgan fingerprint density at radius 2 is 1.79 bits per heavy atom. The predicted molar refractivity (Wildman–Crippen MR) is 148 cm³/mol. The van der Waals surface area contributed by atoms with Crippen LogP contribution >= 0.6 is 0 Å². The highest BCUT2D eigenvalue weighted by molar-refractivity contribution is 7.89. The summed E-state index contributed by atoms with van der Waals surface area (Å²) in [5.74, 6) is 0. The van der Waals surface area contributed by atoms with Gasteiger partial charge in [-0.25, -0.2) is 13.2 Å². The molecule has 2 unspecified atom stereocenters. The fourth-order valence-corrected chi connectivity index (χ4v) is 5.67. The normalized spacial score (nSPS) is 13.9. The second-order valence-corrected chi connectivity index (χ2v) is 13.1. The molecule has 0 aromatic heterocycles. The summed E-state index contributed by atoms with van der Waals surface area (Å²) in [4.78, 5) is 12.6. The highest BCUT2D eigenvalue weighted by Gasteiger charge is 2.35. The monoisotopic (exact) mass is 544 g/mol. The number of anilines is 1. The van der Waals surface area contributed by atoms with Gasteiger partial charge < -0.3 is 20.9 Å². The van der Waals surface area contributed by atoms with Crippen molar-refractivity contribution >= 4 is 21.8 Å². The van der Waals surface area contributed by atoms with Gasteiger partial charge in [-0.05, 0) is 62.8 Å². The summed E-state index contributed by atoms with van der Waals surface area (Å²) in [5, 5.41) is 23.2. The number of hydrogen-bond donors (Lipinski definition) is 3. The zero-order valence-corrected chi connectivity index (χ0v) is 23.7. The lowest BCUT2D eigenvalue weighted by Crippen LogP contribution is -2.52. The van der Waals surface area contributed by atoms with Gasteiger partial charge in [-0.1, -0.05) is 50.2 Å². The minimum absolute atomic E-state index is 0.000457. The summed E-state index contributed by atoms with van der Waals surface area (Å²) >= 11 is 0. The van der Waals surface area contributed by atoms with Crippen LogP contribution < -0.4 is 11.1 Å². The van der Waals surface area contributed by atoms with Crippen LogP contribution in [0.4, 0.5) is 10.5 Å². The van der Waals surface area contributed by atoms with Gasteiger partial charge in [-0.15, -0.1) is 0 Å². The Kier molecular flexibility index (Phi) is 10.7. The molecular formula is C28H40N4O5S. The molecule has 0 saturated carbocycles. The molecule has 2 rings (SSSR count). The molecule has 0 bridgehead atoms. The van der Waals surface area contributed by atoms with Crippen molar-refractivity contribution in [2.75, 3.05) is 18.8 Å². The highest BCUT2D eigenvalue weighted by atomic mass is 32.2. The largest absolute Gasteiger partial charge is 0.444 e. The number of carbonyl (C=O) groups excluding carboxylic acids is 1. The van der Waals surface area contributed by atoms with E-state index >= 15 is 0 Å². The fraction of sp³-hybridized carbons (Fsp3) is 0.500. The van der Waals surface area contributed by atoms with Gasteiger partial charge in [0, 0.05) is 25.2 Å². The molecule has 10 heteroatoms. The Balaban J connectivity index is 2.41. The van der Waals surface area contributed by atoms with Crippen LogP contribution in [0.15, 0.2) is 59.5 Å². The number of aliphatic hydroxyl groups is 1. The lowest BCUT2D eigenvalue weighted by atomic mass is 9.88. The third-order valence-corrected chi connectivity index (χ3v) is 7.68. The molecule has 1 amide bonds. The van der Waals surface area contributed by atoms with E-state index in [0.717, 1.165) is 5.56 Å². The predicted octanol–water partition coefficient (Wildman–Crippen LogP) is 4.09. The number of nitrogen functional groups attached to an aromatic ring is 1. The van der Waals surface area contributed by atoms with Gasteiger partial charge in [0.25, 0.3) is 0 Å².